The molecule has 1 rings (SSSR count). The Balaban J connectivity index is 2.27. The lowest BCUT2D eigenvalue weighted by Gasteiger charge is -2.27. The Kier molecular flexibility index (Phi) is 8.22. The number of hydrogen-bond donors (Lipinski definition) is 2. The number of unbranched alkanes of at least 4 members (excludes halogenated alkanes) is 1. The Morgan fingerprint density at radius 2 is 2.10 bits per heavy atom. The van der Waals surface area contributed by atoms with Gasteiger partial charge in [-0.05, 0) is 25.2 Å². The van der Waals surface area contributed by atoms with Crippen LogP contribution in [0.15, 0.2) is 0 Å². The highest BCUT2D eigenvalue weighted by atomic mass is 16.5. The van der Waals surface area contributed by atoms with Crippen LogP contribution in [0.25, 0.3) is 0 Å². The molecule has 0 spiro atoms. The van der Waals surface area contributed by atoms with Gasteiger partial charge in [0.25, 0.3) is 0 Å². The van der Waals surface area contributed by atoms with Crippen molar-refractivity contribution in [2.75, 3.05) is 33.0 Å². The summed E-state index contributed by atoms with van der Waals surface area (Å²) in [6, 6.07) is 0. The van der Waals surface area contributed by atoms with Gasteiger partial charge in [0, 0.05) is 26.4 Å². The number of amides is 1. The number of carboxylic acids is 1. The predicted octanol–water partition coefficient (Wildman–Crippen LogP) is 1.05. The van der Waals surface area contributed by atoms with Crippen LogP contribution >= 0.6 is 0 Å². The van der Waals surface area contributed by atoms with Crippen LogP contribution < -0.4 is 5.32 Å². The Hall–Kier alpha value is -1.14. The molecular formula is C14H25NO5. The predicted molar refractivity (Wildman–Crippen MR) is 73.4 cm³/mol. The van der Waals surface area contributed by atoms with Crippen LogP contribution in [0.4, 0.5) is 0 Å². The number of rotatable bonds is 9. The summed E-state index contributed by atoms with van der Waals surface area (Å²) in [5, 5.41) is 11.9. The summed E-state index contributed by atoms with van der Waals surface area (Å²) < 4.78 is 10.4. The zero-order valence-corrected chi connectivity index (χ0v) is 12.1. The second-order valence-corrected chi connectivity index (χ2v) is 5.10. The SMILES string of the molecule is CCCCOCC(=O)NCC(C(=O)O)C1CCOCC1. The van der Waals surface area contributed by atoms with Crippen molar-refractivity contribution in [3.8, 4) is 0 Å². The molecule has 0 radical (unpaired) electrons. The molecule has 1 amide bonds. The van der Waals surface area contributed by atoms with Gasteiger partial charge in [-0.25, -0.2) is 0 Å². The molecule has 1 fully saturated rings. The largest absolute Gasteiger partial charge is 0.481 e. The first-order valence-electron chi connectivity index (χ1n) is 7.30. The standard InChI is InChI=1S/C14H25NO5/c1-2-3-6-20-10-13(16)15-9-12(14(17)18)11-4-7-19-8-5-11/h11-12H,2-10H2,1H3,(H,15,16)(H,17,18). The third-order valence-electron chi connectivity index (χ3n) is 3.55. The number of hydrogen-bond acceptors (Lipinski definition) is 4. The number of aliphatic carboxylic acids is 1. The molecule has 1 unspecified atom stereocenters. The van der Waals surface area contributed by atoms with E-state index in [0.717, 1.165) is 25.7 Å². The van der Waals surface area contributed by atoms with E-state index < -0.39 is 11.9 Å². The topological polar surface area (TPSA) is 84.9 Å². The van der Waals surface area contributed by atoms with Crippen molar-refractivity contribution >= 4 is 11.9 Å². The normalized spacial score (nSPS) is 17.6. The van der Waals surface area contributed by atoms with E-state index >= 15 is 0 Å². The molecule has 0 bridgehead atoms. The van der Waals surface area contributed by atoms with Gasteiger partial charge in [0.05, 0.1) is 5.92 Å². The number of carbonyl (C=O) groups excluding carboxylic acids is 1. The lowest BCUT2D eigenvalue weighted by Crippen LogP contribution is -2.40. The van der Waals surface area contributed by atoms with Crippen molar-refractivity contribution in [1.82, 2.24) is 5.32 Å². The van der Waals surface area contributed by atoms with Crippen LogP contribution in [0.5, 0.6) is 0 Å². The van der Waals surface area contributed by atoms with E-state index in [1.54, 1.807) is 0 Å². The Bertz CT molecular complexity index is 302. The molecule has 6 nitrogen and oxygen atoms in total. The Labute approximate surface area is 119 Å². The molecule has 116 valence electrons. The molecule has 0 aromatic rings. The third kappa shape index (κ3) is 6.34. The molecular weight excluding hydrogens is 262 g/mol. The summed E-state index contributed by atoms with van der Waals surface area (Å²) >= 11 is 0. The Morgan fingerprint density at radius 3 is 2.70 bits per heavy atom. The lowest BCUT2D eigenvalue weighted by atomic mass is 9.86. The molecule has 0 aromatic heterocycles. The van der Waals surface area contributed by atoms with Gasteiger partial charge in [0.2, 0.25) is 5.91 Å². The maximum absolute atomic E-state index is 11.6. The van der Waals surface area contributed by atoms with Gasteiger partial charge in [-0.1, -0.05) is 13.3 Å². The van der Waals surface area contributed by atoms with E-state index in [4.69, 9.17) is 9.47 Å². The zero-order valence-electron chi connectivity index (χ0n) is 12.1. The summed E-state index contributed by atoms with van der Waals surface area (Å²) in [7, 11) is 0. The van der Waals surface area contributed by atoms with E-state index in [-0.39, 0.29) is 25.0 Å². The summed E-state index contributed by atoms with van der Waals surface area (Å²) in [6.07, 6.45) is 3.42. The van der Waals surface area contributed by atoms with Crippen molar-refractivity contribution in [1.29, 1.82) is 0 Å². The van der Waals surface area contributed by atoms with Gasteiger partial charge in [0.1, 0.15) is 6.61 Å². The highest BCUT2D eigenvalue weighted by molar-refractivity contribution is 5.78. The van der Waals surface area contributed by atoms with Crippen LogP contribution in [-0.4, -0.2) is 50.0 Å². The summed E-state index contributed by atoms with van der Waals surface area (Å²) in [6.45, 7) is 3.97. The molecule has 0 aliphatic carbocycles. The van der Waals surface area contributed by atoms with E-state index in [0.29, 0.717) is 19.8 Å². The highest BCUT2D eigenvalue weighted by Crippen LogP contribution is 2.23. The van der Waals surface area contributed by atoms with Gasteiger partial charge in [-0.2, -0.15) is 0 Å². The van der Waals surface area contributed by atoms with Gasteiger partial charge in [-0.15, -0.1) is 0 Å². The van der Waals surface area contributed by atoms with E-state index in [9.17, 15) is 14.7 Å². The summed E-state index contributed by atoms with van der Waals surface area (Å²) in [5.41, 5.74) is 0. The van der Waals surface area contributed by atoms with E-state index in [2.05, 4.69) is 12.2 Å². The fraction of sp³-hybridized carbons (Fsp3) is 0.857. The van der Waals surface area contributed by atoms with Gasteiger partial charge in [0.15, 0.2) is 0 Å². The van der Waals surface area contributed by atoms with Crippen molar-refractivity contribution in [3.63, 3.8) is 0 Å². The Morgan fingerprint density at radius 1 is 1.40 bits per heavy atom. The van der Waals surface area contributed by atoms with Crippen LogP contribution in [-0.2, 0) is 19.1 Å². The molecule has 1 heterocycles. The molecule has 2 N–H and O–H groups in total. The van der Waals surface area contributed by atoms with Gasteiger partial charge >= 0.3 is 5.97 Å². The van der Waals surface area contributed by atoms with Gasteiger partial charge < -0.3 is 19.9 Å². The van der Waals surface area contributed by atoms with E-state index in [1.165, 1.54) is 0 Å². The minimum absolute atomic E-state index is 0.000116. The van der Waals surface area contributed by atoms with Crippen molar-refractivity contribution in [2.45, 2.75) is 32.6 Å². The van der Waals surface area contributed by atoms with Crippen molar-refractivity contribution in [2.24, 2.45) is 11.8 Å². The zero-order chi connectivity index (χ0) is 14.8. The molecule has 6 heteroatoms. The molecule has 1 atom stereocenters. The fourth-order valence-corrected chi connectivity index (χ4v) is 2.26. The number of nitrogens with one attached hydrogen (secondary N) is 1. The molecule has 20 heavy (non-hydrogen) atoms. The quantitative estimate of drug-likeness (QED) is 0.619. The minimum Gasteiger partial charge on any atom is -0.481 e. The van der Waals surface area contributed by atoms with Crippen LogP contribution in [0.3, 0.4) is 0 Å². The fourth-order valence-electron chi connectivity index (χ4n) is 2.26. The van der Waals surface area contributed by atoms with Crippen molar-refractivity contribution in [3.05, 3.63) is 0 Å². The average molecular weight is 287 g/mol. The number of ether oxygens (including phenoxy) is 2. The maximum Gasteiger partial charge on any atom is 0.308 e. The molecule has 0 saturated carbocycles. The van der Waals surface area contributed by atoms with Crippen molar-refractivity contribution < 1.29 is 24.2 Å². The average Bonchev–Trinajstić information content (AvgIpc) is 2.44. The third-order valence-corrected chi connectivity index (χ3v) is 3.55. The number of carbonyl (C=O) groups is 2. The molecule has 1 aliphatic heterocycles. The first-order valence-corrected chi connectivity index (χ1v) is 7.30. The van der Waals surface area contributed by atoms with Crippen LogP contribution in [0.1, 0.15) is 32.6 Å². The molecule has 0 aromatic carbocycles. The molecule has 1 aliphatic rings. The molecule has 1 saturated heterocycles. The highest BCUT2D eigenvalue weighted by Gasteiger charge is 2.29. The van der Waals surface area contributed by atoms with Crippen LogP contribution in [0, 0.1) is 11.8 Å². The maximum atomic E-state index is 11.6. The summed E-state index contributed by atoms with van der Waals surface area (Å²) in [5.74, 6) is -1.58. The number of carboxylic acid groups (broad SMARTS) is 1. The smallest absolute Gasteiger partial charge is 0.308 e. The second-order valence-electron chi connectivity index (χ2n) is 5.10. The first-order chi connectivity index (χ1) is 9.65. The monoisotopic (exact) mass is 287 g/mol. The van der Waals surface area contributed by atoms with Crippen LogP contribution in [0.2, 0.25) is 0 Å². The first kappa shape index (κ1) is 16.9. The summed E-state index contributed by atoms with van der Waals surface area (Å²) in [4.78, 5) is 22.8. The second kappa shape index (κ2) is 9.72. The lowest BCUT2D eigenvalue weighted by molar-refractivity contribution is -0.145. The van der Waals surface area contributed by atoms with Gasteiger partial charge in [-0.3, -0.25) is 9.59 Å². The minimum atomic E-state index is -0.857. The van der Waals surface area contributed by atoms with E-state index in [1.807, 2.05) is 0 Å².